The SMILES string of the molecule is Cc1ccc(CNC(=O)N2C[C@H](O)C[C@H]2C(=O)O)cc1. The van der Waals surface area contributed by atoms with Crippen LogP contribution in [0.5, 0.6) is 0 Å². The van der Waals surface area contributed by atoms with Gasteiger partial charge in [0.2, 0.25) is 0 Å². The van der Waals surface area contributed by atoms with E-state index < -0.39 is 24.1 Å². The maximum atomic E-state index is 12.0. The van der Waals surface area contributed by atoms with Crippen molar-refractivity contribution < 1.29 is 19.8 Å². The molecule has 108 valence electrons. The van der Waals surface area contributed by atoms with E-state index in [1.165, 1.54) is 4.90 Å². The quantitative estimate of drug-likeness (QED) is 0.760. The van der Waals surface area contributed by atoms with Crippen molar-refractivity contribution in [2.45, 2.75) is 32.0 Å². The molecular weight excluding hydrogens is 260 g/mol. The third-order valence-electron chi connectivity index (χ3n) is 3.39. The number of rotatable bonds is 3. The molecule has 1 aliphatic heterocycles. The van der Waals surface area contributed by atoms with Gasteiger partial charge in [0.15, 0.2) is 0 Å². The third kappa shape index (κ3) is 3.27. The number of carboxylic acid groups (broad SMARTS) is 1. The molecule has 0 unspecified atom stereocenters. The number of aliphatic hydroxyl groups is 1. The Morgan fingerprint density at radius 1 is 1.35 bits per heavy atom. The van der Waals surface area contributed by atoms with Crippen LogP contribution in [0.3, 0.4) is 0 Å². The average molecular weight is 278 g/mol. The maximum Gasteiger partial charge on any atom is 0.326 e. The first-order valence-corrected chi connectivity index (χ1v) is 6.48. The molecule has 1 heterocycles. The molecule has 0 aromatic heterocycles. The first-order valence-electron chi connectivity index (χ1n) is 6.48. The van der Waals surface area contributed by atoms with Gasteiger partial charge in [0.05, 0.1) is 6.10 Å². The molecule has 0 radical (unpaired) electrons. The number of aliphatic carboxylic acids is 1. The number of hydrogen-bond acceptors (Lipinski definition) is 3. The van der Waals surface area contributed by atoms with Crippen molar-refractivity contribution in [2.75, 3.05) is 6.54 Å². The lowest BCUT2D eigenvalue weighted by molar-refractivity contribution is -0.141. The summed E-state index contributed by atoms with van der Waals surface area (Å²) in [5, 5.41) is 21.2. The van der Waals surface area contributed by atoms with Crippen LogP contribution >= 0.6 is 0 Å². The molecule has 2 amide bonds. The van der Waals surface area contributed by atoms with E-state index in [9.17, 15) is 14.7 Å². The number of nitrogens with zero attached hydrogens (tertiary/aromatic N) is 1. The molecule has 0 spiro atoms. The highest BCUT2D eigenvalue weighted by atomic mass is 16.4. The van der Waals surface area contributed by atoms with Crippen LogP contribution in [-0.4, -0.2) is 45.8 Å². The fourth-order valence-corrected chi connectivity index (χ4v) is 2.26. The first kappa shape index (κ1) is 14.3. The predicted molar refractivity (Wildman–Crippen MR) is 72.2 cm³/mol. The first-order chi connectivity index (χ1) is 9.47. The minimum absolute atomic E-state index is 0.0523. The van der Waals surface area contributed by atoms with E-state index in [4.69, 9.17) is 5.11 Å². The minimum atomic E-state index is -1.09. The number of likely N-dealkylation sites (tertiary alicyclic amines) is 1. The molecule has 0 aliphatic carbocycles. The zero-order valence-electron chi connectivity index (χ0n) is 11.2. The lowest BCUT2D eigenvalue weighted by atomic mass is 10.1. The average Bonchev–Trinajstić information content (AvgIpc) is 2.80. The van der Waals surface area contributed by atoms with Gasteiger partial charge in [-0.15, -0.1) is 0 Å². The molecule has 3 N–H and O–H groups in total. The number of carbonyl (C=O) groups excluding carboxylic acids is 1. The van der Waals surface area contributed by atoms with E-state index in [-0.39, 0.29) is 13.0 Å². The molecule has 6 heteroatoms. The number of hydrogen-bond donors (Lipinski definition) is 3. The topological polar surface area (TPSA) is 89.9 Å². The summed E-state index contributed by atoms with van der Waals surface area (Å²) < 4.78 is 0. The summed E-state index contributed by atoms with van der Waals surface area (Å²) in [5.41, 5.74) is 2.07. The number of benzene rings is 1. The van der Waals surface area contributed by atoms with Crippen LogP contribution in [0.15, 0.2) is 24.3 Å². The van der Waals surface area contributed by atoms with Crippen LogP contribution in [0.25, 0.3) is 0 Å². The molecule has 2 atom stereocenters. The third-order valence-corrected chi connectivity index (χ3v) is 3.39. The molecule has 2 rings (SSSR count). The van der Waals surface area contributed by atoms with Gasteiger partial charge in [0, 0.05) is 19.5 Å². The number of urea groups is 1. The minimum Gasteiger partial charge on any atom is -0.480 e. The number of aliphatic hydroxyl groups excluding tert-OH is 1. The van der Waals surface area contributed by atoms with E-state index in [0.29, 0.717) is 6.54 Å². The summed E-state index contributed by atoms with van der Waals surface area (Å²) in [6.45, 7) is 2.36. The van der Waals surface area contributed by atoms with Crippen molar-refractivity contribution in [3.63, 3.8) is 0 Å². The van der Waals surface area contributed by atoms with Gasteiger partial charge in [-0.3, -0.25) is 0 Å². The molecular formula is C14H18N2O4. The number of carboxylic acids is 1. The molecule has 1 fully saturated rings. The van der Waals surface area contributed by atoms with E-state index >= 15 is 0 Å². The maximum absolute atomic E-state index is 12.0. The van der Waals surface area contributed by atoms with Gasteiger partial charge in [-0.1, -0.05) is 29.8 Å². The Morgan fingerprint density at radius 3 is 2.60 bits per heavy atom. The summed E-state index contributed by atoms with van der Waals surface area (Å²) in [7, 11) is 0. The van der Waals surface area contributed by atoms with Crippen molar-refractivity contribution in [3.8, 4) is 0 Å². The summed E-state index contributed by atoms with van der Waals surface area (Å²) in [4.78, 5) is 24.2. The van der Waals surface area contributed by atoms with Crippen LogP contribution in [0, 0.1) is 6.92 Å². The van der Waals surface area contributed by atoms with E-state index in [0.717, 1.165) is 11.1 Å². The van der Waals surface area contributed by atoms with Crippen molar-refractivity contribution >= 4 is 12.0 Å². The highest BCUT2D eigenvalue weighted by Crippen LogP contribution is 2.18. The molecule has 1 aromatic carbocycles. The fourth-order valence-electron chi connectivity index (χ4n) is 2.26. The van der Waals surface area contributed by atoms with Crippen LogP contribution in [0.2, 0.25) is 0 Å². The van der Waals surface area contributed by atoms with Crippen LogP contribution in [0.4, 0.5) is 4.79 Å². The van der Waals surface area contributed by atoms with Gasteiger partial charge in [-0.05, 0) is 12.5 Å². The number of amides is 2. The van der Waals surface area contributed by atoms with Crippen LogP contribution < -0.4 is 5.32 Å². The van der Waals surface area contributed by atoms with E-state index in [2.05, 4.69) is 5.32 Å². The Hall–Kier alpha value is -2.08. The zero-order valence-corrected chi connectivity index (χ0v) is 11.2. The van der Waals surface area contributed by atoms with Crippen LogP contribution in [-0.2, 0) is 11.3 Å². The van der Waals surface area contributed by atoms with Gasteiger partial charge >= 0.3 is 12.0 Å². The van der Waals surface area contributed by atoms with Gasteiger partial charge in [-0.25, -0.2) is 9.59 Å². The molecule has 0 bridgehead atoms. The van der Waals surface area contributed by atoms with Crippen molar-refractivity contribution in [3.05, 3.63) is 35.4 Å². The largest absolute Gasteiger partial charge is 0.480 e. The molecule has 20 heavy (non-hydrogen) atoms. The highest BCUT2D eigenvalue weighted by Gasteiger charge is 2.38. The number of β-amino-alcohol motifs (C(OH)–C–C–N with tert-alkyl or cyclic N) is 1. The lowest BCUT2D eigenvalue weighted by Crippen LogP contribution is -2.45. The predicted octanol–water partition coefficient (Wildman–Crippen LogP) is 0.724. The summed E-state index contributed by atoms with van der Waals surface area (Å²) in [6.07, 6.45) is -0.700. The second-order valence-corrected chi connectivity index (χ2v) is 5.04. The summed E-state index contributed by atoms with van der Waals surface area (Å²) in [6, 6.07) is 6.28. The van der Waals surface area contributed by atoms with Gasteiger partial charge < -0.3 is 20.4 Å². The zero-order chi connectivity index (χ0) is 14.7. The summed E-state index contributed by atoms with van der Waals surface area (Å²) >= 11 is 0. The normalized spacial score (nSPS) is 21.8. The fraction of sp³-hybridized carbons (Fsp3) is 0.429. The molecule has 1 aliphatic rings. The van der Waals surface area contributed by atoms with Crippen molar-refractivity contribution in [1.82, 2.24) is 10.2 Å². The van der Waals surface area contributed by atoms with E-state index in [1.807, 2.05) is 31.2 Å². The molecule has 1 saturated heterocycles. The van der Waals surface area contributed by atoms with Gasteiger partial charge in [0.1, 0.15) is 6.04 Å². The highest BCUT2D eigenvalue weighted by molar-refractivity contribution is 5.83. The molecule has 1 aromatic rings. The van der Waals surface area contributed by atoms with Gasteiger partial charge in [-0.2, -0.15) is 0 Å². The smallest absolute Gasteiger partial charge is 0.326 e. The number of carbonyl (C=O) groups is 2. The van der Waals surface area contributed by atoms with Crippen molar-refractivity contribution in [1.29, 1.82) is 0 Å². The lowest BCUT2D eigenvalue weighted by Gasteiger charge is -2.21. The summed E-state index contributed by atoms with van der Waals surface area (Å²) in [5.74, 6) is -1.09. The Kier molecular flexibility index (Phi) is 4.24. The standard InChI is InChI=1S/C14H18N2O4/c1-9-2-4-10(5-3-9)7-15-14(20)16-8-11(17)6-12(16)13(18)19/h2-5,11-12,17H,6-8H2,1H3,(H,15,20)(H,18,19)/t11-,12+/m1/s1. The Balaban J connectivity index is 1.94. The number of nitrogens with one attached hydrogen (secondary N) is 1. The second-order valence-electron chi connectivity index (χ2n) is 5.04. The Bertz CT molecular complexity index is 500. The molecule has 0 saturated carbocycles. The Labute approximate surface area is 117 Å². The van der Waals surface area contributed by atoms with Crippen LogP contribution in [0.1, 0.15) is 17.5 Å². The number of aryl methyl sites for hydroxylation is 1. The van der Waals surface area contributed by atoms with Gasteiger partial charge in [0.25, 0.3) is 0 Å². The Morgan fingerprint density at radius 2 is 2.00 bits per heavy atom. The van der Waals surface area contributed by atoms with Crippen molar-refractivity contribution in [2.24, 2.45) is 0 Å². The monoisotopic (exact) mass is 278 g/mol. The second kappa shape index (κ2) is 5.92. The van der Waals surface area contributed by atoms with E-state index in [1.54, 1.807) is 0 Å². The molecule has 6 nitrogen and oxygen atoms in total.